The number of nitrogens with one attached hydrogen (secondary N) is 2. The van der Waals surface area contributed by atoms with Gasteiger partial charge in [-0.3, -0.25) is 14.2 Å². The minimum atomic E-state index is -3.85. The molecule has 0 aliphatic heterocycles. The lowest BCUT2D eigenvalue weighted by Crippen LogP contribution is -2.25. The highest BCUT2D eigenvalue weighted by molar-refractivity contribution is 7.92. The number of hydrogen-bond acceptors (Lipinski definition) is 4. The maximum absolute atomic E-state index is 13.4. The fourth-order valence-electron chi connectivity index (χ4n) is 2.67. The van der Waals surface area contributed by atoms with Crippen LogP contribution in [-0.2, 0) is 16.6 Å². The summed E-state index contributed by atoms with van der Waals surface area (Å²) in [6.07, 6.45) is 4.29. The van der Waals surface area contributed by atoms with E-state index < -0.39 is 15.8 Å². The first-order chi connectivity index (χ1) is 13.8. The minimum absolute atomic E-state index is 0.0320. The van der Waals surface area contributed by atoms with Crippen molar-refractivity contribution in [3.8, 4) is 0 Å². The third kappa shape index (κ3) is 5.41. The Morgan fingerprint density at radius 2 is 1.93 bits per heavy atom. The number of aromatic nitrogens is 2. The molecule has 152 valence electrons. The van der Waals surface area contributed by atoms with Gasteiger partial charge in [0.15, 0.2) is 0 Å². The molecule has 29 heavy (non-hydrogen) atoms. The molecule has 0 aliphatic carbocycles. The number of carbonyl (C=O) groups is 1. The highest BCUT2D eigenvalue weighted by Gasteiger charge is 2.16. The summed E-state index contributed by atoms with van der Waals surface area (Å²) in [4.78, 5) is 12.2. The first-order valence-electron chi connectivity index (χ1n) is 9.00. The zero-order valence-corrected chi connectivity index (χ0v) is 16.6. The maximum Gasteiger partial charge on any atom is 0.261 e. The van der Waals surface area contributed by atoms with Gasteiger partial charge in [-0.2, -0.15) is 5.10 Å². The average molecular weight is 416 g/mol. The maximum atomic E-state index is 13.4. The Bertz CT molecular complexity index is 1080. The zero-order chi connectivity index (χ0) is 20.9. The summed E-state index contributed by atoms with van der Waals surface area (Å²) in [5.41, 5.74) is 0.972. The molecule has 0 unspecified atom stereocenters. The number of anilines is 1. The lowest BCUT2D eigenvalue weighted by molar-refractivity contribution is 0.0952. The average Bonchev–Trinajstić information content (AvgIpc) is 3.21. The second-order valence-corrected chi connectivity index (χ2v) is 8.15. The van der Waals surface area contributed by atoms with Gasteiger partial charge in [-0.15, -0.1) is 0 Å². The normalized spacial score (nSPS) is 11.2. The van der Waals surface area contributed by atoms with Crippen molar-refractivity contribution in [2.75, 3.05) is 11.3 Å². The van der Waals surface area contributed by atoms with Crippen LogP contribution in [0.2, 0.25) is 0 Å². The van der Waals surface area contributed by atoms with E-state index in [1.165, 1.54) is 43.3 Å². The van der Waals surface area contributed by atoms with E-state index in [2.05, 4.69) is 15.1 Å². The first kappa shape index (κ1) is 20.5. The number of amides is 1. The monoisotopic (exact) mass is 416 g/mol. The molecule has 0 atom stereocenters. The number of halogens is 1. The fourth-order valence-corrected chi connectivity index (χ4v) is 3.81. The van der Waals surface area contributed by atoms with E-state index >= 15 is 0 Å². The predicted molar refractivity (Wildman–Crippen MR) is 108 cm³/mol. The quantitative estimate of drug-likeness (QED) is 0.552. The van der Waals surface area contributed by atoms with Gasteiger partial charge in [0.1, 0.15) is 5.82 Å². The lowest BCUT2D eigenvalue weighted by atomic mass is 10.2. The van der Waals surface area contributed by atoms with Gasteiger partial charge >= 0.3 is 0 Å². The molecule has 0 saturated carbocycles. The predicted octanol–water partition coefficient (Wildman–Crippen LogP) is 2.95. The van der Waals surface area contributed by atoms with Crippen LogP contribution in [0.5, 0.6) is 0 Å². The molecule has 0 saturated heterocycles. The first-order valence-corrected chi connectivity index (χ1v) is 10.5. The molecule has 9 heteroatoms. The van der Waals surface area contributed by atoms with Gasteiger partial charge in [-0.1, -0.05) is 0 Å². The molecule has 0 radical (unpaired) electrons. The van der Waals surface area contributed by atoms with Crippen LogP contribution in [0.25, 0.3) is 0 Å². The summed E-state index contributed by atoms with van der Waals surface area (Å²) in [5.74, 6) is -0.710. The second-order valence-electron chi connectivity index (χ2n) is 6.47. The number of carbonyl (C=O) groups excluding carboxylic acids is 1. The van der Waals surface area contributed by atoms with Gasteiger partial charge in [-0.25, -0.2) is 12.8 Å². The van der Waals surface area contributed by atoms with Crippen molar-refractivity contribution in [2.45, 2.75) is 24.8 Å². The number of hydrogen-bond donors (Lipinski definition) is 2. The fraction of sp³-hybridized carbons (Fsp3) is 0.200. The Morgan fingerprint density at radius 3 is 2.59 bits per heavy atom. The number of nitrogens with zero attached hydrogens (tertiary/aromatic N) is 2. The molecule has 1 amide bonds. The van der Waals surface area contributed by atoms with E-state index in [-0.39, 0.29) is 16.4 Å². The van der Waals surface area contributed by atoms with Crippen LogP contribution in [0.3, 0.4) is 0 Å². The summed E-state index contributed by atoms with van der Waals surface area (Å²) in [5, 5.41) is 6.90. The number of sulfonamides is 1. The van der Waals surface area contributed by atoms with Crippen LogP contribution in [0.1, 0.15) is 22.3 Å². The molecule has 3 rings (SSSR count). The highest BCUT2D eigenvalue weighted by Crippen LogP contribution is 2.19. The molecule has 2 N–H and O–H groups in total. The van der Waals surface area contributed by atoms with Crippen molar-refractivity contribution in [1.82, 2.24) is 15.1 Å². The van der Waals surface area contributed by atoms with E-state index in [0.29, 0.717) is 24.3 Å². The smallest absolute Gasteiger partial charge is 0.261 e. The van der Waals surface area contributed by atoms with Crippen molar-refractivity contribution in [1.29, 1.82) is 0 Å². The SMILES string of the molecule is Cc1cc(S(=O)(=O)Nc2ccc(C(=O)NCCCn3cccn3)cc2)ccc1F. The third-order valence-electron chi connectivity index (χ3n) is 4.25. The standard InChI is InChI=1S/C20H21FN4O3S/c1-15-14-18(8-9-19(15)21)29(27,28)24-17-6-4-16(5-7-17)20(26)22-10-2-12-25-13-3-11-23-25/h3-9,11,13-14,24H,2,10,12H2,1H3,(H,22,26). The summed E-state index contributed by atoms with van der Waals surface area (Å²) in [6, 6.07) is 11.5. The summed E-state index contributed by atoms with van der Waals surface area (Å²) < 4.78 is 42.4. The second kappa shape index (κ2) is 8.87. The Balaban J connectivity index is 1.56. The van der Waals surface area contributed by atoms with Crippen molar-refractivity contribution in [3.05, 3.63) is 77.9 Å². The van der Waals surface area contributed by atoms with Crippen LogP contribution in [-0.4, -0.2) is 30.7 Å². The van der Waals surface area contributed by atoms with Crippen molar-refractivity contribution < 1.29 is 17.6 Å². The molecule has 0 aliphatic rings. The number of rotatable bonds is 8. The summed E-state index contributed by atoms with van der Waals surface area (Å²) in [6.45, 7) is 2.70. The Labute approximate surface area is 168 Å². The molecule has 0 fully saturated rings. The number of aryl methyl sites for hydroxylation is 2. The van der Waals surface area contributed by atoms with E-state index in [9.17, 15) is 17.6 Å². The Kier molecular flexibility index (Phi) is 6.28. The van der Waals surface area contributed by atoms with E-state index in [1.807, 2.05) is 12.3 Å². The molecule has 2 aromatic carbocycles. The van der Waals surface area contributed by atoms with Gasteiger partial charge in [0.2, 0.25) is 0 Å². The van der Waals surface area contributed by atoms with Gasteiger partial charge in [0.05, 0.1) is 4.90 Å². The molecule has 7 nitrogen and oxygen atoms in total. The number of benzene rings is 2. The van der Waals surface area contributed by atoms with Gasteiger partial charge in [0, 0.05) is 36.7 Å². The van der Waals surface area contributed by atoms with Crippen molar-refractivity contribution >= 4 is 21.6 Å². The van der Waals surface area contributed by atoms with Crippen LogP contribution >= 0.6 is 0 Å². The molecule has 1 aromatic heterocycles. The molecule has 1 heterocycles. The Morgan fingerprint density at radius 1 is 1.17 bits per heavy atom. The minimum Gasteiger partial charge on any atom is -0.352 e. The molecular formula is C20H21FN4O3S. The third-order valence-corrected chi connectivity index (χ3v) is 5.63. The van der Waals surface area contributed by atoms with E-state index in [4.69, 9.17) is 0 Å². The zero-order valence-electron chi connectivity index (χ0n) is 15.8. The van der Waals surface area contributed by atoms with Crippen molar-refractivity contribution in [2.24, 2.45) is 0 Å². The van der Waals surface area contributed by atoms with E-state index in [1.54, 1.807) is 10.9 Å². The molecule has 0 bridgehead atoms. The van der Waals surface area contributed by atoms with Crippen LogP contribution in [0.15, 0.2) is 65.8 Å². The highest BCUT2D eigenvalue weighted by atomic mass is 32.2. The van der Waals surface area contributed by atoms with Gasteiger partial charge in [0.25, 0.3) is 15.9 Å². The summed E-state index contributed by atoms with van der Waals surface area (Å²) >= 11 is 0. The van der Waals surface area contributed by atoms with Crippen LogP contribution in [0, 0.1) is 12.7 Å². The van der Waals surface area contributed by atoms with Gasteiger partial charge < -0.3 is 5.32 Å². The molecular weight excluding hydrogens is 395 g/mol. The molecule has 3 aromatic rings. The summed E-state index contributed by atoms with van der Waals surface area (Å²) in [7, 11) is -3.85. The molecule has 0 spiro atoms. The lowest BCUT2D eigenvalue weighted by Gasteiger charge is -2.10. The van der Waals surface area contributed by atoms with Gasteiger partial charge in [-0.05, 0) is 67.4 Å². The largest absolute Gasteiger partial charge is 0.352 e. The van der Waals surface area contributed by atoms with Crippen molar-refractivity contribution in [3.63, 3.8) is 0 Å². The van der Waals surface area contributed by atoms with Crippen LogP contribution < -0.4 is 10.0 Å². The van der Waals surface area contributed by atoms with Crippen LogP contribution in [0.4, 0.5) is 10.1 Å². The van der Waals surface area contributed by atoms with E-state index in [0.717, 1.165) is 12.5 Å². The Hall–Kier alpha value is -3.20. The topological polar surface area (TPSA) is 93.1 Å².